The van der Waals surface area contributed by atoms with Crippen molar-refractivity contribution in [1.29, 1.82) is 0 Å². The maximum Gasteiger partial charge on any atom is 0.245 e. The van der Waals surface area contributed by atoms with E-state index in [1.54, 1.807) is 28.8 Å². The summed E-state index contributed by atoms with van der Waals surface area (Å²) in [5.41, 5.74) is 0.614. The maximum atomic E-state index is 12.9. The molecule has 0 aromatic carbocycles. The number of hydrogen-bond donors (Lipinski definition) is 1. The number of aromatic amines is 1. The van der Waals surface area contributed by atoms with Crippen LogP contribution in [-0.4, -0.2) is 46.8 Å². The molecule has 1 aliphatic rings. The third-order valence-corrected chi connectivity index (χ3v) is 7.28. The first-order valence-corrected chi connectivity index (χ1v) is 9.53. The number of pyridine rings is 1. The van der Waals surface area contributed by atoms with Gasteiger partial charge in [-0.1, -0.05) is 13.8 Å². The van der Waals surface area contributed by atoms with Crippen molar-refractivity contribution in [1.82, 2.24) is 14.3 Å². The molecule has 3 rings (SSSR count). The number of sulfonamides is 1. The quantitative estimate of drug-likeness (QED) is 0.940. The number of hydrogen-bond acceptors (Lipinski definition) is 4. The van der Waals surface area contributed by atoms with E-state index >= 15 is 0 Å². The molecule has 0 unspecified atom stereocenters. The molecule has 21 heavy (non-hydrogen) atoms. The number of H-pyrrole nitrogens is 1. The highest BCUT2D eigenvalue weighted by atomic mass is 32.2. The van der Waals surface area contributed by atoms with Crippen LogP contribution in [0.5, 0.6) is 0 Å². The molecule has 7 heteroatoms. The molecule has 0 amide bonds. The SMILES string of the molecule is CC(C)[C@H]1CN(S(=O)(=O)c2c[nH]c3ncccc23)CCS1. The number of rotatable bonds is 3. The Hall–Kier alpha value is -1.05. The van der Waals surface area contributed by atoms with E-state index in [0.717, 1.165) is 5.75 Å². The van der Waals surface area contributed by atoms with Crippen molar-refractivity contribution in [3.63, 3.8) is 0 Å². The minimum atomic E-state index is -3.46. The molecular weight excluding hydrogens is 306 g/mol. The molecule has 1 saturated heterocycles. The van der Waals surface area contributed by atoms with Gasteiger partial charge in [-0.3, -0.25) is 0 Å². The van der Waals surface area contributed by atoms with Gasteiger partial charge in [0.2, 0.25) is 10.0 Å². The van der Waals surface area contributed by atoms with Crippen LogP contribution in [0.2, 0.25) is 0 Å². The highest BCUT2D eigenvalue weighted by molar-refractivity contribution is 8.00. The third kappa shape index (κ3) is 2.69. The van der Waals surface area contributed by atoms with Crippen LogP contribution in [0.25, 0.3) is 11.0 Å². The minimum absolute atomic E-state index is 0.333. The lowest BCUT2D eigenvalue weighted by atomic mass is 10.1. The summed E-state index contributed by atoms with van der Waals surface area (Å²) in [6.45, 7) is 5.44. The summed E-state index contributed by atoms with van der Waals surface area (Å²) in [6.07, 6.45) is 3.21. The van der Waals surface area contributed by atoms with Gasteiger partial charge in [0.25, 0.3) is 0 Å². The van der Waals surface area contributed by atoms with Crippen molar-refractivity contribution >= 4 is 32.8 Å². The fourth-order valence-electron chi connectivity index (χ4n) is 2.56. The van der Waals surface area contributed by atoms with Crippen LogP contribution in [0.3, 0.4) is 0 Å². The molecular formula is C14H19N3O2S2. The monoisotopic (exact) mass is 325 g/mol. The highest BCUT2D eigenvalue weighted by Gasteiger charge is 2.33. The van der Waals surface area contributed by atoms with Gasteiger partial charge >= 0.3 is 0 Å². The van der Waals surface area contributed by atoms with Gasteiger partial charge in [-0.15, -0.1) is 0 Å². The lowest BCUT2D eigenvalue weighted by molar-refractivity contribution is 0.392. The second kappa shape index (κ2) is 5.62. The Morgan fingerprint density at radius 2 is 2.29 bits per heavy atom. The molecule has 0 radical (unpaired) electrons. The first kappa shape index (κ1) is 14.9. The van der Waals surface area contributed by atoms with Crippen molar-refractivity contribution in [2.75, 3.05) is 18.8 Å². The minimum Gasteiger partial charge on any atom is -0.345 e. The zero-order valence-electron chi connectivity index (χ0n) is 12.1. The van der Waals surface area contributed by atoms with E-state index in [1.807, 2.05) is 11.8 Å². The fraction of sp³-hybridized carbons (Fsp3) is 0.500. The Bertz CT molecular complexity index is 740. The molecule has 1 N–H and O–H groups in total. The smallest absolute Gasteiger partial charge is 0.245 e. The van der Waals surface area contributed by atoms with E-state index in [-0.39, 0.29) is 0 Å². The molecule has 0 aliphatic carbocycles. The summed E-state index contributed by atoms with van der Waals surface area (Å²) in [5.74, 6) is 1.32. The molecule has 114 valence electrons. The molecule has 0 saturated carbocycles. The first-order chi connectivity index (χ1) is 10.00. The van der Waals surface area contributed by atoms with E-state index < -0.39 is 10.0 Å². The van der Waals surface area contributed by atoms with Crippen LogP contribution in [-0.2, 0) is 10.0 Å². The molecule has 1 aliphatic heterocycles. The summed E-state index contributed by atoms with van der Waals surface area (Å²) < 4.78 is 27.4. The standard InChI is InChI=1S/C14H19N3O2S2/c1-10(2)12-9-17(6-7-20-12)21(18,19)13-8-16-14-11(13)4-3-5-15-14/h3-5,8,10,12H,6-7,9H2,1-2H3,(H,15,16)/t12-/m1/s1. The van der Waals surface area contributed by atoms with Crippen LogP contribution < -0.4 is 0 Å². The Morgan fingerprint density at radius 1 is 1.48 bits per heavy atom. The average Bonchev–Trinajstić information content (AvgIpc) is 2.92. The van der Waals surface area contributed by atoms with Gasteiger partial charge < -0.3 is 4.98 Å². The molecule has 1 atom stereocenters. The van der Waals surface area contributed by atoms with Gasteiger partial charge in [0.1, 0.15) is 10.5 Å². The number of aromatic nitrogens is 2. The van der Waals surface area contributed by atoms with Crippen molar-refractivity contribution in [3.05, 3.63) is 24.5 Å². The van der Waals surface area contributed by atoms with Crippen LogP contribution in [0.4, 0.5) is 0 Å². The summed E-state index contributed by atoms with van der Waals surface area (Å²) in [4.78, 5) is 7.44. The van der Waals surface area contributed by atoms with E-state index in [0.29, 0.717) is 40.2 Å². The first-order valence-electron chi connectivity index (χ1n) is 7.04. The van der Waals surface area contributed by atoms with Crippen LogP contribution >= 0.6 is 11.8 Å². The number of nitrogens with one attached hydrogen (secondary N) is 1. The zero-order chi connectivity index (χ0) is 15.0. The van der Waals surface area contributed by atoms with Crippen LogP contribution in [0.1, 0.15) is 13.8 Å². The molecule has 1 fully saturated rings. The molecule has 2 aromatic rings. The van der Waals surface area contributed by atoms with Gasteiger partial charge in [-0.2, -0.15) is 16.1 Å². The van der Waals surface area contributed by atoms with Crippen molar-refractivity contribution in [2.45, 2.75) is 24.0 Å². The van der Waals surface area contributed by atoms with Gasteiger partial charge in [0.15, 0.2) is 0 Å². The highest BCUT2D eigenvalue weighted by Crippen LogP contribution is 2.30. The van der Waals surface area contributed by atoms with Crippen LogP contribution in [0.15, 0.2) is 29.4 Å². The van der Waals surface area contributed by atoms with Crippen molar-refractivity contribution in [3.8, 4) is 0 Å². The number of thioether (sulfide) groups is 1. The molecule has 0 spiro atoms. The lowest BCUT2D eigenvalue weighted by Gasteiger charge is -2.33. The third-order valence-electron chi connectivity index (χ3n) is 3.83. The van der Waals surface area contributed by atoms with Gasteiger partial charge in [-0.25, -0.2) is 13.4 Å². The molecule has 3 heterocycles. The Morgan fingerprint density at radius 3 is 3.05 bits per heavy atom. The maximum absolute atomic E-state index is 12.9. The summed E-state index contributed by atoms with van der Waals surface area (Å²) in [7, 11) is -3.46. The summed E-state index contributed by atoms with van der Waals surface area (Å²) in [5, 5.41) is 1.02. The van der Waals surface area contributed by atoms with Gasteiger partial charge in [0, 0.05) is 41.9 Å². The van der Waals surface area contributed by atoms with Crippen LogP contribution in [0, 0.1) is 5.92 Å². The van der Waals surface area contributed by atoms with E-state index in [9.17, 15) is 8.42 Å². The van der Waals surface area contributed by atoms with Gasteiger partial charge in [-0.05, 0) is 18.1 Å². The summed E-state index contributed by atoms with van der Waals surface area (Å²) in [6, 6.07) is 3.56. The van der Waals surface area contributed by atoms with E-state index in [1.165, 1.54) is 0 Å². The Balaban J connectivity index is 1.96. The fourth-order valence-corrected chi connectivity index (χ4v) is 5.68. The molecule has 0 bridgehead atoms. The predicted molar refractivity (Wildman–Crippen MR) is 85.9 cm³/mol. The van der Waals surface area contributed by atoms with E-state index in [2.05, 4.69) is 23.8 Å². The predicted octanol–water partition coefficient (Wildman–Crippen LogP) is 2.33. The van der Waals surface area contributed by atoms with Crippen molar-refractivity contribution in [2.24, 2.45) is 5.92 Å². The second-order valence-electron chi connectivity index (χ2n) is 5.57. The molecule has 5 nitrogen and oxygen atoms in total. The number of nitrogens with zero attached hydrogens (tertiary/aromatic N) is 2. The van der Waals surface area contributed by atoms with E-state index in [4.69, 9.17) is 0 Å². The topological polar surface area (TPSA) is 66.1 Å². The lowest BCUT2D eigenvalue weighted by Crippen LogP contribution is -2.43. The Kier molecular flexibility index (Phi) is 3.98. The van der Waals surface area contributed by atoms with Crippen molar-refractivity contribution < 1.29 is 8.42 Å². The van der Waals surface area contributed by atoms with Gasteiger partial charge in [0.05, 0.1) is 0 Å². The summed E-state index contributed by atoms with van der Waals surface area (Å²) >= 11 is 1.87. The normalized spacial score (nSPS) is 21.2. The molecule has 2 aromatic heterocycles. The zero-order valence-corrected chi connectivity index (χ0v) is 13.7. The largest absolute Gasteiger partial charge is 0.345 e. The average molecular weight is 325 g/mol. The Labute approximate surface area is 129 Å². The second-order valence-corrected chi connectivity index (χ2v) is 8.82. The number of fused-ring (bicyclic) bond motifs is 1.